The average Bonchev–Trinajstić information content (AvgIpc) is 4.19. The van der Waals surface area contributed by atoms with Gasteiger partial charge >= 0.3 is 0 Å². The Balaban J connectivity index is 1.29. The summed E-state index contributed by atoms with van der Waals surface area (Å²) in [5, 5.41) is 28.1. The number of pyridine rings is 2. The number of hydrogen-bond acceptors (Lipinski definition) is 6. The van der Waals surface area contributed by atoms with Crippen LogP contribution in [0.3, 0.4) is 0 Å². The number of nitrogens with one attached hydrogen (secondary N) is 3. The van der Waals surface area contributed by atoms with E-state index in [0.717, 1.165) is 142 Å². The van der Waals surface area contributed by atoms with E-state index in [9.17, 15) is 0 Å². The number of hydrogen-bond donors (Lipinski definition) is 3. The zero-order valence-electron chi connectivity index (χ0n) is 35.0. The molecule has 0 unspecified atom stereocenters. The highest BCUT2D eigenvalue weighted by atomic mass is 32.1. The number of benzene rings is 7. The van der Waals surface area contributed by atoms with E-state index in [0.29, 0.717) is 0 Å². The Morgan fingerprint density at radius 2 is 1.17 bits per heavy atom. The zero-order valence-corrected chi connectivity index (χ0v) is 35.9. The van der Waals surface area contributed by atoms with Crippen molar-refractivity contribution in [2.45, 2.75) is 0 Å². The summed E-state index contributed by atoms with van der Waals surface area (Å²) in [6.07, 6.45) is 4.04. The van der Waals surface area contributed by atoms with E-state index in [1.54, 1.807) is 11.3 Å². The fourth-order valence-corrected chi connectivity index (χ4v) is 11.4. The van der Waals surface area contributed by atoms with Gasteiger partial charge in [-0.15, -0.1) is 21.5 Å². The van der Waals surface area contributed by atoms with Gasteiger partial charge in [-0.05, 0) is 59.3 Å². The highest BCUT2D eigenvalue weighted by molar-refractivity contribution is 7.24. The van der Waals surface area contributed by atoms with Gasteiger partial charge in [-0.25, -0.2) is 4.98 Å². The summed E-state index contributed by atoms with van der Waals surface area (Å²) in [6, 6.07) is 61.3. The van der Waals surface area contributed by atoms with Gasteiger partial charge in [0.1, 0.15) is 5.69 Å². The molecule has 9 heteroatoms. The van der Waals surface area contributed by atoms with Crippen LogP contribution in [-0.2, 0) is 0 Å². The molecule has 0 saturated carbocycles. The summed E-state index contributed by atoms with van der Waals surface area (Å²) in [7, 11) is 0. The summed E-state index contributed by atoms with van der Waals surface area (Å²) in [4.78, 5) is 19.7. The lowest BCUT2D eigenvalue weighted by molar-refractivity contribution is 1.08. The molecule has 0 bridgehead atoms. The van der Waals surface area contributed by atoms with Crippen molar-refractivity contribution < 1.29 is 0 Å². The topological polar surface area (TPSA) is 112 Å². The third kappa shape index (κ3) is 5.54. The Morgan fingerprint density at radius 1 is 0.455 bits per heavy atom. The average molecular weight is 863 g/mol. The molecule has 14 aromatic rings. The molecule has 308 valence electrons. The summed E-state index contributed by atoms with van der Waals surface area (Å²) in [5.74, 6) is 0. The quantitative estimate of drug-likeness (QED) is 0.154. The number of thiophene rings is 1. The van der Waals surface area contributed by atoms with E-state index in [1.807, 2.05) is 30.5 Å². The zero-order chi connectivity index (χ0) is 43.3. The van der Waals surface area contributed by atoms with E-state index >= 15 is 0 Å². The van der Waals surface area contributed by atoms with E-state index in [1.165, 1.54) is 0 Å². The molecular formula is C57H34N8S. The molecule has 8 nitrogen and oxygen atoms in total. The molecule has 0 radical (unpaired) electrons. The normalized spacial score (nSPS) is 11.9. The van der Waals surface area contributed by atoms with Crippen molar-refractivity contribution in [3.05, 3.63) is 188 Å². The number of aromatic nitrogens is 8. The second-order valence-corrected chi connectivity index (χ2v) is 17.7. The van der Waals surface area contributed by atoms with Crippen LogP contribution in [0.4, 0.5) is 0 Å². The van der Waals surface area contributed by atoms with Gasteiger partial charge in [0.05, 0.1) is 44.2 Å². The Kier molecular flexibility index (Phi) is 7.98. The van der Waals surface area contributed by atoms with Crippen LogP contribution < -0.4 is 0 Å². The van der Waals surface area contributed by atoms with Gasteiger partial charge < -0.3 is 9.97 Å². The molecule has 7 aromatic carbocycles. The molecule has 7 heterocycles. The lowest BCUT2D eigenvalue weighted by atomic mass is 9.83. The summed E-state index contributed by atoms with van der Waals surface area (Å²) in [5.41, 5.74) is 13.7. The van der Waals surface area contributed by atoms with E-state index in [2.05, 4.69) is 173 Å². The van der Waals surface area contributed by atoms with Crippen LogP contribution in [0.1, 0.15) is 0 Å². The number of fused-ring (bicyclic) bond motifs is 7. The Bertz CT molecular complexity index is 4230. The van der Waals surface area contributed by atoms with Crippen LogP contribution in [0, 0.1) is 0 Å². The molecule has 0 spiro atoms. The molecule has 0 aliphatic carbocycles. The number of para-hydroxylation sites is 3. The van der Waals surface area contributed by atoms with Gasteiger partial charge in [-0.3, -0.25) is 10.1 Å². The van der Waals surface area contributed by atoms with Crippen LogP contribution in [0.2, 0.25) is 0 Å². The predicted octanol–water partition coefficient (Wildman–Crippen LogP) is 14.8. The molecular weight excluding hydrogens is 829 g/mol. The van der Waals surface area contributed by atoms with Crippen LogP contribution in [0.15, 0.2) is 188 Å². The number of nitrogens with zero attached hydrogens (tertiary/aromatic N) is 5. The van der Waals surface area contributed by atoms with Crippen molar-refractivity contribution in [1.82, 2.24) is 40.3 Å². The first-order chi connectivity index (χ1) is 32.7. The molecule has 0 fully saturated rings. The van der Waals surface area contributed by atoms with Crippen LogP contribution in [-0.4, -0.2) is 40.3 Å². The van der Waals surface area contributed by atoms with Crippen molar-refractivity contribution in [2.75, 3.05) is 0 Å². The minimum atomic E-state index is 0.732. The standard InChI is InChI=1S/C57H34N8S/c1-6-18-37-32(13-1)27-28-58-53(37)50-47(44-26-25-33-14-3-9-21-40(33)60-44)49(46-30-35-16-5-11-23-42(35)62-64-46)56-51(48(50)45-29-34-15-4-10-22-41(34)61-45)52(54-38-19-7-2-17-36(38)31-59-54)57(66-56)55-39-20-8-12-24-43(39)63-65-55/h1-31,59,61H,(H,63,65). The highest BCUT2D eigenvalue weighted by Crippen LogP contribution is 2.58. The minimum Gasteiger partial charge on any atom is -0.360 e. The van der Waals surface area contributed by atoms with Gasteiger partial charge in [0.2, 0.25) is 0 Å². The van der Waals surface area contributed by atoms with Crippen molar-refractivity contribution >= 4 is 86.6 Å². The molecule has 0 atom stereocenters. The molecule has 7 aromatic heterocycles. The van der Waals surface area contributed by atoms with Crippen molar-refractivity contribution in [1.29, 1.82) is 0 Å². The van der Waals surface area contributed by atoms with Gasteiger partial charge in [0, 0.05) is 93.8 Å². The minimum absolute atomic E-state index is 0.732. The molecule has 14 rings (SSSR count). The third-order valence-electron chi connectivity index (χ3n) is 13.0. The lowest BCUT2D eigenvalue weighted by Gasteiger charge is -2.22. The third-order valence-corrected chi connectivity index (χ3v) is 14.2. The first-order valence-corrected chi connectivity index (χ1v) is 22.7. The van der Waals surface area contributed by atoms with Gasteiger partial charge in [-0.1, -0.05) is 127 Å². The molecule has 0 aliphatic rings. The monoisotopic (exact) mass is 862 g/mol. The van der Waals surface area contributed by atoms with Crippen LogP contribution in [0.25, 0.3) is 142 Å². The molecule has 0 aliphatic heterocycles. The maximum absolute atomic E-state index is 5.55. The molecule has 3 N–H and O–H groups in total. The van der Waals surface area contributed by atoms with Gasteiger partial charge in [0.25, 0.3) is 0 Å². The van der Waals surface area contributed by atoms with Crippen LogP contribution >= 0.6 is 11.3 Å². The number of H-pyrrole nitrogens is 3. The lowest BCUT2D eigenvalue weighted by Crippen LogP contribution is -2.01. The van der Waals surface area contributed by atoms with E-state index < -0.39 is 0 Å². The van der Waals surface area contributed by atoms with Gasteiger partial charge in [0.15, 0.2) is 0 Å². The number of aromatic amines is 3. The Morgan fingerprint density at radius 3 is 2.03 bits per heavy atom. The maximum atomic E-state index is 5.55. The van der Waals surface area contributed by atoms with Crippen molar-refractivity contribution in [3.8, 4) is 66.9 Å². The largest absolute Gasteiger partial charge is 0.360 e. The molecule has 0 saturated heterocycles. The van der Waals surface area contributed by atoms with Crippen molar-refractivity contribution in [2.24, 2.45) is 0 Å². The first-order valence-electron chi connectivity index (χ1n) is 21.9. The van der Waals surface area contributed by atoms with Crippen molar-refractivity contribution in [3.63, 3.8) is 0 Å². The first kappa shape index (κ1) is 36.7. The SMILES string of the molecule is c1ccc2nnc(-c3c(-c4ccc5ccccc5n4)c(-c4nccc5ccccc45)c(-c4cc5ccccc5[nH]4)c4c(-c5[nH]cc6ccccc56)c(-c5n[nH]c6ccccc56)sc34)cc2c1. The van der Waals surface area contributed by atoms with Crippen LogP contribution in [0.5, 0.6) is 0 Å². The summed E-state index contributed by atoms with van der Waals surface area (Å²) in [6.45, 7) is 0. The molecule has 66 heavy (non-hydrogen) atoms. The van der Waals surface area contributed by atoms with Gasteiger partial charge in [-0.2, -0.15) is 5.10 Å². The summed E-state index contributed by atoms with van der Waals surface area (Å²) < 4.78 is 1.03. The van der Waals surface area contributed by atoms with E-state index in [-0.39, 0.29) is 0 Å². The Hall–Kier alpha value is -8.79. The Labute approximate surface area is 380 Å². The fourth-order valence-electron chi connectivity index (χ4n) is 10.0. The highest BCUT2D eigenvalue weighted by Gasteiger charge is 2.34. The molecule has 0 amide bonds. The second kappa shape index (κ2) is 14.4. The fraction of sp³-hybridized carbons (Fsp3) is 0. The predicted molar refractivity (Wildman–Crippen MR) is 272 cm³/mol. The maximum Gasteiger partial charge on any atom is 0.111 e. The second-order valence-electron chi connectivity index (χ2n) is 16.7. The summed E-state index contributed by atoms with van der Waals surface area (Å²) >= 11 is 1.73. The smallest absolute Gasteiger partial charge is 0.111 e. The van der Waals surface area contributed by atoms with E-state index in [4.69, 9.17) is 25.3 Å². The number of rotatable bonds is 6.